The molecule has 2 rings (SSSR count). The Balaban J connectivity index is 2.02. The number of ether oxygens (including phenoxy) is 1. The van der Waals surface area contributed by atoms with Gasteiger partial charge >= 0.3 is 5.97 Å². The molecule has 2 aliphatic rings. The van der Waals surface area contributed by atoms with Crippen LogP contribution in [0.5, 0.6) is 0 Å². The summed E-state index contributed by atoms with van der Waals surface area (Å²) in [7, 11) is 0. The van der Waals surface area contributed by atoms with Crippen molar-refractivity contribution in [2.75, 3.05) is 19.8 Å². The number of alkyl halides is 1. The summed E-state index contributed by atoms with van der Waals surface area (Å²) < 4.78 is 17.4. The lowest BCUT2D eigenvalue weighted by Gasteiger charge is -2.25. The third-order valence-electron chi connectivity index (χ3n) is 2.91. The summed E-state index contributed by atoms with van der Waals surface area (Å²) in [5.41, 5.74) is 0. The monoisotopic (exact) mass is 187 g/mol. The lowest BCUT2D eigenvalue weighted by atomic mass is 10.2. The van der Waals surface area contributed by atoms with E-state index in [2.05, 4.69) is 0 Å². The highest BCUT2D eigenvalue weighted by Gasteiger charge is 2.38. The molecule has 13 heavy (non-hydrogen) atoms. The van der Waals surface area contributed by atoms with E-state index in [1.807, 2.05) is 4.90 Å². The van der Waals surface area contributed by atoms with E-state index in [0.29, 0.717) is 6.61 Å². The molecule has 2 saturated heterocycles. The summed E-state index contributed by atoms with van der Waals surface area (Å²) in [5, 5.41) is 0. The molecule has 0 N–H and O–H groups in total. The highest BCUT2D eigenvalue weighted by molar-refractivity contribution is 5.77. The van der Waals surface area contributed by atoms with E-state index in [1.54, 1.807) is 0 Å². The van der Waals surface area contributed by atoms with Crippen LogP contribution in [0, 0.1) is 0 Å². The quantitative estimate of drug-likeness (QED) is 0.597. The van der Waals surface area contributed by atoms with Gasteiger partial charge in [-0.25, -0.2) is 4.39 Å². The van der Waals surface area contributed by atoms with Crippen LogP contribution < -0.4 is 0 Å². The van der Waals surface area contributed by atoms with Gasteiger partial charge in [0, 0.05) is 12.5 Å². The molecule has 0 aliphatic carbocycles. The maximum atomic E-state index is 12.5. The van der Waals surface area contributed by atoms with Gasteiger partial charge in [-0.05, 0) is 19.4 Å². The maximum absolute atomic E-state index is 12.5. The third-order valence-corrected chi connectivity index (χ3v) is 2.91. The van der Waals surface area contributed by atoms with Crippen LogP contribution in [0.1, 0.15) is 19.3 Å². The minimum atomic E-state index is -0.343. The fourth-order valence-corrected chi connectivity index (χ4v) is 2.22. The Morgan fingerprint density at radius 3 is 3.00 bits per heavy atom. The summed E-state index contributed by atoms with van der Waals surface area (Å²) in [6.07, 6.45) is 2.61. The molecule has 3 nitrogen and oxygen atoms in total. The van der Waals surface area contributed by atoms with Crippen LogP contribution in [0.15, 0.2) is 0 Å². The number of hydrogen-bond donors (Lipinski definition) is 0. The van der Waals surface area contributed by atoms with E-state index < -0.39 is 0 Å². The summed E-state index contributed by atoms with van der Waals surface area (Å²) in [6.45, 7) is 0.997. The number of likely N-dealkylation sites (tertiary alicyclic amines) is 1. The van der Waals surface area contributed by atoms with Crippen LogP contribution in [-0.2, 0) is 9.53 Å². The smallest absolute Gasteiger partial charge is 0.323 e. The zero-order valence-electron chi connectivity index (χ0n) is 7.54. The van der Waals surface area contributed by atoms with Crippen molar-refractivity contribution in [1.82, 2.24) is 4.90 Å². The first kappa shape index (κ1) is 8.94. The number of esters is 1. The van der Waals surface area contributed by atoms with Gasteiger partial charge in [0.25, 0.3) is 0 Å². The van der Waals surface area contributed by atoms with Crippen LogP contribution >= 0.6 is 0 Å². The number of cyclic esters (lactones) is 1. The first-order valence-electron chi connectivity index (χ1n) is 4.81. The van der Waals surface area contributed by atoms with Crippen molar-refractivity contribution in [2.45, 2.75) is 31.3 Å². The van der Waals surface area contributed by atoms with Crippen LogP contribution in [0.4, 0.5) is 4.39 Å². The summed E-state index contributed by atoms with van der Waals surface area (Å²) in [6, 6.07) is -0.209. The number of carbonyl (C=O) groups is 1. The van der Waals surface area contributed by atoms with Crippen LogP contribution in [-0.4, -0.2) is 42.8 Å². The zero-order valence-corrected chi connectivity index (χ0v) is 7.54. The van der Waals surface area contributed by atoms with Crippen molar-refractivity contribution in [3.8, 4) is 0 Å². The van der Waals surface area contributed by atoms with Gasteiger partial charge < -0.3 is 4.74 Å². The van der Waals surface area contributed by atoms with Crippen molar-refractivity contribution >= 4 is 5.97 Å². The van der Waals surface area contributed by atoms with Gasteiger partial charge in [0.15, 0.2) is 0 Å². The van der Waals surface area contributed by atoms with E-state index in [-0.39, 0.29) is 24.7 Å². The zero-order chi connectivity index (χ0) is 9.26. The molecular weight excluding hydrogens is 173 g/mol. The lowest BCUT2D eigenvalue weighted by Crippen LogP contribution is -2.42. The Labute approximate surface area is 76.8 Å². The topological polar surface area (TPSA) is 29.5 Å². The fourth-order valence-electron chi connectivity index (χ4n) is 2.22. The van der Waals surface area contributed by atoms with Crippen molar-refractivity contribution in [3.63, 3.8) is 0 Å². The first-order chi connectivity index (χ1) is 6.33. The van der Waals surface area contributed by atoms with Gasteiger partial charge in [0.2, 0.25) is 0 Å². The molecule has 2 aliphatic heterocycles. The summed E-state index contributed by atoms with van der Waals surface area (Å²) >= 11 is 0. The number of rotatable bonds is 2. The van der Waals surface area contributed by atoms with Crippen molar-refractivity contribution < 1.29 is 13.9 Å². The molecule has 0 amide bonds. The highest BCUT2D eigenvalue weighted by atomic mass is 19.1. The largest absolute Gasteiger partial charge is 0.464 e. The van der Waals surface area contributed by atoms with Gasteiger partial charge in [0.1, 0.15) is 12.7 Å². The average Bonchev–Trinajstić information content (AvgIpc) is 2.71. The fraction of sp³-hybridized carbons (Fsp3) is 0.889. The molecule has 74 valence electrons. The maximum Gasteiger partial charge on any atom is 0.323 e. The highest BCUT2D eigenvalue weighted by Crippen LogP contribution is 2.25. The van der Waals surface area contributed by atoms with E-state index in [0.717, 1.165) is 25.8 Å². The third kappa shape index (κ3) is 1.55. The SMILES string of the molecule is O=C1OCCC1N1CCCC1CF. The minimum Gasteiger partial charge on any atom is -0.464 e. The molecule has 2 fully saturated rings. The van der Waals surface area contributed by atoms with E-state index in [4.69, 9.17) is 4.74 Å². The predicted molar refractivity (Wildman–Crippen MR) is 45.1 cm³/mol. The first-order valence-corrected chi connectivity index (χ1v) is 4.81. The van der Waals surface area contributed by atoms with E-state index >= 15 is 0 Å². The molecule has 0 aromatic rings. The Morgan fingerprint density at radius 2 is 2.38 bits per heavy atom. The van der Waals surface area contributed by atoms with Gasteiger partial charge in [-0.15, -0.1) is 0 Å². The molecule has 2 heterocycles. The molecular formula is C9H14FNO2. The summed E-state index contributed by atoms with van der Waals surface area (Å²) in [4.78, 5) is 13.2. The van der Waals surface area contributed by atoms with Crippen LogP contribution in [0.3, 0.4) is 0 Å². The van der Waals surface area contributed by atoms with Crippen LogP contribution in [0.25, 0.3) is 0 Å². The second kappa shape index (κ2) is 3.62. The Bertz CT molecular complexity index is 210. The Hall–Kier alpha value is -0.640. The number of halogens is 1. The Kier molecular flexibility index (Phi) is 2.49. The van der Waals surface area contributed by atoms with Crippen molar-refractivity contribution in [3.05, 3.63) is 0 Å². The number of carbonyl (C=O) groups excluding carboxylic acids is 1. The number of hydrogen-bond acceptors (Lipinski definition) is 3. The lowest BCUT2D eigenvalue weighted by molar-refractivity contribution is -0.142. The van der Waals surface area contributed by atoms with Gasteiger partial charge in [0.05, 0.1) is 6.61 Å². The standard InChI is InChI=1S/C9H14FNO2/c10-6-7-2-1-4-11(7)8-3-5-13-9(8)12/h7-8H,1-6H2. The summed E-state index contributed by atoms with van der Waals surface area (Å²) in [5.74, 6) is -0.166. The van der Waals surface area contributed by atoms with Crippen LogP contribution in [0.2, 0.25) is 0 Å². The van der Waals surface area contributed by atoms with Gasteiger partial charge in [-0.2, -0.15) is 0 Å². The molecule has 0 radical (unpaired) electrons. The molecule has 0 spiro atoms. The second-order valence-electron chi connectivity index (χ2n) is 3.66. The van der Waals surface area contributed by atoms with Gasteiger partial charge in [-0.1, -0.05) is 0 Å². The van der Waals surface area contributed by atoms with E-state index in [1.165, 1.54) is 0 Å². The molecule has 2 atom stereocenters. The average molecular weight is 187 g/mol. The molecule has 0 aromatic heterocycles. The van der Waals surface area contributed by atoms with Crippen molar-refractivity contribution in [2.24, 2.45) is 0 Å². The molecule has 0 bridgehead atoms. The molecule has 0 saturated carbocycles. The number of nitrogens with zero attached hydrogens (tertiary/aromatic N) is 1. The Morgan fingerprint density at radius 1 is 1.54 bits per heavy atom. The molecule has 0 aromatic carbocycles. The van der Waals surface area contributed by atoms with E-state index in [9.17, 15) is 9.18 Å². The van der Waals surface area contributed by atoms with Gasteiger partial charge in [-0.3, -0.25) is 9.69 Å². The van der Waals surface area contributed by atoms with Crippen molar-refractivity contribution in [1.29, 1.82) is 0 Å². The second-order valence-corrected chi connectivity index (χ2v) is 3.66. The minimum absolute atomic E-state index is 0.0457. The normalized spacial score (nSPS) is 35.3. The predicted octanol–water partition coefficient (Wildman–Crippen LogP) is 0.736. The molecule has 2 unspecified atom stereocenters. The molecule has 4 heteroatoms.